The van der Waals surface area contributed by atoms with Crippen molar-refractivity contribution < 1.29 is 22.6 Å². The molecule has 0 bridgehead atoms. The lowest BCUT2D eigenvalue weighted by Gasteiger charge is -2.12. The van der Waals surface area contributed by atoms with Gasteiger partial charge in [-0.15, -0.1) is 19.6 Å². The van der Waals surface area contributed by atoms with Crippen LogP contribution in [0.4, 0.5) is 13.2 Å². The van der Waals surface area contributed by atoms with Crippen molar-refractivity contribution in [3.63, 3.8) is 0 Å². The summed E-state index contributed by atoms with van der Waals surface area (Å²) >= 11 is 2.99. The molecule has 0 heterocycles. The normalized spacial score (nSPS) is 10.9. The van der Waals surface area contributed by atoms with Gasteiger partial charge in [0.2, 0.25) is 0 Å². The zero-order valence-electron chi connectivity index (χ0n) is 9.76. The van der Waals surface area contributed by atoms with E-state index >= 15 is 0 Å². The van der Waals surface area contributed by atoms with Crippen molar-refractivity contribution in [1.82, 2.24) is 5.32 Å². The average molecular weight is 338 g/mol. The minimum atomic E-state index is -4.72. The van der Waals surface area contributed by atoms with Gasteiger partial charge in [0.25, 0.3) is 0 Å². The van der Waals surface area contributed by atoms with E-state index in [1.807, 2.05) is 0 Å². The standard InChI is InChI=1S/C12H11BrF3NO2/c1-2-5-17-6-7-18-9-3-4-11(10(13)8-9)19-12(14,15)16/h1,3-4,8,17H,5-7H2. The quantitative estimate of drug-likeness (QED) is 0.639. The van der Waals surface area contributed by atoms with Crippen LogP contribution in [-0.4, -0.2) is 26.1 Å². The highest BCUT2D eigenvalue weighted by atomic mass is 79.9. The Bertz CT molecular complexity index is 457. The summed E-state index contributed by atoms with van der Waals surface area (Å²) in [6, 6.07) is 3.98. The number of terminal acetylenes is 1. The number of rotatable bonds is 6. The first-order chi connectivity index (χ1) is 8.92. The van der Waals surface area contributed by atoms with E-state index in [-0.39, 0.29) is 10.2 Å². The van der Waals surface area contributed by atoms with Crippen molar-refractivity contribution in [1.29, 1.82) is 0 Å². The van der Waals surface area contributed by atoms with E-state index in [4.69, 9.17) is 11.2 Å². The molecule has 0 aliphatic heterocycles. The Morgan fingerprint density at radius 3 is 2.68 bits per heavy atom. The number of alkyl halides is 3. The van der Waals surface area contributed by atoms with E-state index in [9.17, 15) is 13.2 Å². The molecule has 1 aromatic rings. The second kappa shape index (κ2) is 7.26. The summed E-state index contributed by atoms with van der Waals surface area (Å²) in [6.07, 6.45) is 0.325. The van der Waals surface area contributed by atoms with E-state index < -0.39 is 6.36 Å². The summed E-state index contributed by atoms with van der Waals surface area (Å²) in [7, 11) is 0. The van der Waals surface area contributed by atoms with Crippen molar-refractivity contribution in [2.45, 2.75) is 6.36 Å². The third kappa shape index (κ3) is 6.36. The number of ether oxygens (including phenoxy) is 2. The Balaban J connectivity index is 2.50. The Labute approximate surface area is 117 Å². The topological polar surface area (TPSA) is 30.5 Å². The SMILES string of the molecule is C#CCNCCOc1ccc(OC(F)(F)F)c(Br)c1. The maximum absolute atomic E-state index is 12.0. The molecule has 0 fully saturated rings. The molecule has 104 valence electrons. The van der Waals surface area contributed by atoms with Crippen LogP contribution in [0.5, 0.6) is 11.5 Å². The molecule has 0 radical (unpaired) electrons. The molecular formula is C12H11BrF3NO2. The fourth-order valence-electron chi connectivity index (χ4n) is 1.18. The second-order valence-corrected chi connectivity index (χ2v) is 4.22. The van der Waals surface area contributed by atoms with Gasteiger partial charge < -0.3 is 14.8 Å². The Morgan fingerprint density at radius 2 is 2.11 bits per heavy atom. The molecule has 0 unspecified atom stereocenters. The smallest absolute Gasteiger partial charge is 0.492 e. The van der Waals surface area contributed by atoms with Crippen LogP contribution in [0.2, 0.25) is 0 Å². The van der Waals surface area contributed by atoms with Crippen molar-refractivity contribution in [3.8, 4) is 23.8 Å². The van der Waals surface area contributed by atoms with E-state index in [1.54, 1.807) is 0 Å². The van der Waals surface area contributed by atoms with Gasteiger partial charge in [-0.2, -0.15) is 0 Å². The molecule has 0 amide bonds. The van der Waals surface area contributed by atoms with Gasteiger partial charge in [0.15, 0.2) is 0 Å². The first-order valence-corrected chi connectivity index (χ1v) is 6.04. The predicted octanol–water partition coefficient (Wildman–Crippen LogP) is 2.95. The third-order valence-electron chi connectivity index (χ3n) is 1.90. The highest BCUT2D eigenvalue weighted by molar-refractivity contribution is 9.10. The van der Waals surface area contributed by atoms with Crippen molar-refractivity contribution in [2.24, 2.45) is 0 Å². The minimum Gasteiger partial charge on any atom is -0.492 e. The molecule has 1 aromatic carbocycles. The van der Waals surface area contributed by atoms with Crippen molar-refractivity contribution in [2.75, 3.05) is 19.7 Å². The summed E-state index contributed by atoms with van der Waals surface area (Å²) in [4.78, 5) is 0. The molecule has 3 nitrogen and oxygen atoms in total. The predicted molar refractivity (Wildman–Crippen MR) is 68.0 cm³/mol. The Kier molecular flexibility index (Phi) is 5.99. The van der Waals surface area contributed by atoms with E-state index in [0.717, 1.165) is 0 Å². The van der Waals surface area contributed by atoms with Crippen molar-refractivity contribution >= 4 is 15.9 Å². The molecule has 0 saturated heterocycles. The largest absolute Gasteiger partial charge is 0.573 e. The Hall–Kier alpha value is -1.39. The zero-order valence-corrected chi connectivity index (χ0v) is 11.3. The fraction of sp³-hybridized carbons (Fsp3) is 0.333. The van der Waals surface area contributed by atoms with Gasteiger partial charge >= 0.3 is 6.36 Å². The molecule has 0 aromatic heterocycles. The number of hydrogen-bond donors (Lipinski definition) is 1. The molecular weight excluding hydrogens is 327 g/mol. The van der Waals surface area contributed by atoms with E-state index in [0.29, 0.717) is 25.4 Å². The molecule has 0 atom stereocenters. The van der Waals surface area contributed by atoms with Crippen LogP contribution in [0.1, 0.15) is 0 Å². The lowest BCUT2D eigenvalue weighted by molar-refractivity contribution is -0.274. The molecule has 19 heavy (non-hydrogen) atoms. The first kappa shape index (κ1) is 15.7. The van der Waals surface area contributed by atoms with E-state index in [1.165, 1.54) is 18.2 Å². The summed E-state index contributed by atoms with van der Waals surface area (Å²) < 4.78 is 45.4. The van der Waals surface area contributed by atoms with Crippen LogP contribution in [-0.2, 0) is 0 Å². The van der Waals surface area contributed by atoms with Gasteiger partial charge in [0, 0.05) is 6.54 Å². The highest BCUT2D eigenvalue weighted by Crippen LogP contribution is 2.33. The monoisotopic (exact) mass is 337 g/mol. The van der Waals surface area contributed by atoms with Gasteiger partial charge in [0.05, 0.1) is 11.0 Å². The van der Waals surface area contributed by atoms with Gasteiger partial charge in [-0.1, -0.05) is 5.92 Å². The van der Waals surface area contributed by atoms with Gasteiger partial charge in [0.1, 0.15) is 18.1 Å². The van der Waals surface area contributed by atoms with Crippen LogP contribution in [0, 0.1) is 12.3 Å². The van der Waals surface area contributed by atoms with Gasteiger partial charge in [-0.05, 0) is 34.1 Å². The summed E-state index contributed by atoms with van der Waals surface area (Å²) in [5.74, 6) is 2.53. The summed E-state index contributed by atoms with van der Waals surface area (Å²) in [5, 5.41) is 2.92. The molecule has 7 heteroatoms. The van der Waals surface area contributed by atoms with Crippen LogP contribution >= 0.6 is 15.9 Å². The molecule has 0 spiro atoms. The summed E-state index contributed by atoms with van der Waals surface area (Å²) in [6.45, 7) is 1.33. The highest BCUT2D eigenvalue weighted by Gasteiger charge is 2.31. The number of halogens is 4. The van der Waals surface area contributed by atoms with Crippen LogP contribution in [0.3, 0.4) is 0 Å². The number of hydrogen-bond acceptors (Lipinski definition) is 3. The van der Waals surface area contributed by atoms with Crippen molar-refractivity contribution in [3.05, 3.63) is 22.7 Å². The first-order valence-electron chi connectivity index (χ1n) is 5.24. The van der Waals surface area contributed by atoms with Gasteiger partial charge in [-0.25, -0.2) is 0 Å². The lowest BCUT2D eigenvalue weighted by Crippen LogP contribution is -2.21. The molecule has 0 aliphatic carbocycles. The minimum absolute atomic E-state index is 0.166. The molecule has 1 rings (SSSR count). The maximum atomic E-state index is 12.0. The Morgan fingerprint density at radius 1 is 1.37 bits per heavy atom. The van der Waals surface area contributed by atoms with E-state index in [2.05, 4.69) is 31.9 Å². The maximum Gasteiger partial charge on any atom is 0.573 e. The lowest BCUT2D eigenvalue weighted by atomic mass is 10.3. The average Bonchev–Trinajstić information content (AvgIpc) is 2.31. The number of nitrogens with one attached hydrogen (secondary N) is 1. The summed E-state index contributed by atoms with van der Waals surface area (Å²) in [5.41, 5.74) is 0. The molecule has 1 N–H and O–H groups in total. The van der Waals surface area contributed by atoms with Crippen LogP contribution < -0.4 is 14.8 Å². The van der Waals surface area contributed by atoms with Crippen LogP contribution in [0.25, 0.3) is 0 Å². The number of benzene rings is 1. The van der Waals surface area contributed by atoms with Gasteiger partial charge in [-0.3, -0.25) is 0 Å². The fourth-order valence-corrected chi connectivity index (χ4v) is 1.62. The second-order valence-electron chi connectivity index (χ2n) is 3.37. The molecule has 0 aliphatic rings. The molecule has 0 saturated carbocycles. The zero-order chi connectivity index (χ0) is 14.3. The third-order valence-corrected chi connectivity index (χ3v) is 2.52. The van der Waals surface area contributed by atoms with Crippen LogP contribution in [0.15, 0.2) is 22.7 Å².